The third kappa shape index (κ3) is 6.90. The van der Waals surface area contributed by atoms with Crippen molar-refractivity contribution >= 4 is 5.78 Å². The third-order valence-electron chi connectivity index (χ3n) is 0.855. The molecule has 9 heavy (non-hydrogen) atoms. The Morgan fingerprint density at radius 3 is 2.89 bits per heavy atom. The molecule has 0 saturated heterocycles. The summed E-state index contributed by atoms with van der Waals surface area (Å²) in [5.41, 5.74) is 0. The van der Waals surface area contributed by atoms with E-state index in [1.807, 2.05) is 6.07 Å². The highest BCUT2D eigenvalue weighted by atomic mass is 16.1. The van der Waals surface area contributed by atoms with Crippen LogP contribution in [0.15, 0.2) is 12.2 Å². The summed E-state index contributed by atoms with van der Waals surface area (Å²) in [6.45, 7) is 1.54. The standard InChI is InChI=1S/C7H9NO/c1-7(9)5-3-2-4-6-8/h2,4H,3,5H2,1H3. The minimum absolute atomic E-state index is 0.164. The lowest BCUT2D eigenvalue weighted by molar-refractivity contribution is -0.116. The first-order valence-corrected chi connectivity index (χ1v) is 2.81. The van der Waals surface area contributed by atoms with Crippen LogP contribution in [-0.2, 0) is 4.79 Å². The number of hydrogen-bond donors (Lipinski definition) is 0. The second-order valence-electron chi connectivity index (χ2n) is 1.77. The van der Waals surface area contributed by atoms with Crippen LogP contribution >= 0.6 is 0 Å². The van der Waals surface area contributed by atoms with E-state index in [4.69, 9.17) is 5.26 Å². The number of rotatable bonds is 3. The van der Waals surface area contributed by atoms with Crippen LogP contribution in [0.5, 0.6) is 0 Å². The Morgan fingerprint density at radius 2 is 2.44 bits per heavy atom. The fourth-order valence-corrected chi connectivity index (χ4v) is 0.423. The van der Waals surface area contributed by atoms with Gasteiger partial charge in [-0.1, -0.05) is 6.08 Å². The number of nitriles is 1. The van der Waals surface area contributed by atoms with Gasteiger partial charge in [-0.2, -0.15) is 5.26 Å². The number of nitrogens with zero attached hydrogens (tertiary/aromatic N) is 1. The van der Waals surface area contributed by atoms with E-state index >= 15 is 0 Å². The van der Waals surface area contributed by atoms with E-state index in [9.17, 15) is 4.79 Å². The molecule has 48 valence electrons. The van der Waals surface area contributed by atoms with Gasteiger partial charge < -0.3 is 4.79 Å². The second-order valence-corrected chi connectivity index (χ2v) is 1.77. The number of carbonyl (C=O) groups excluding carboxylic acids is 1. The molecule has 0 saturated carbocycles. The molecule has 2 heteroatoms. The van der Waals surface area contributed by atoms with Crippen molar-refractivity contribution in [2.24, 2.45) is 0 Å². The van der Waals surface area contributed by atoms with Crippen molar-refractivity contribution in [2.45, 2.75) is 19.8 Å². The Morgan fingerprint density at radius 1 is 1.78 bits per heavy atom. The van der Waals surface area contributed by atoms with Crippen LogP contribution in [0, 0.1) is 11.3 Å². The number of carbonyl (C=O) groups is 1. The maximum Gasteiger partial charge on any atom is 0.130 e. The molecule has 0 bridgehead atoms. The second kappa shape index (κ2) is 5.04. The summed E-state index contributed by atoms with van der Waals surface area (Å²) in [6, 6.07) is 1.85. The molecule has 0 aromatic rings. The fraction of sp³-hybridized carbons (Fsp3) is 0.429. The zero-order chi connectivity index (χ0) is 7.11. The minimum atomic E-state index is 0.164. The molecular formula is C7H9NO. The highest BCUT2D eigenvalue weighted by Crippen LogP contribution is 1.90. The zero-order valence-electron chi connectivity index (χ0n) is 5.42. The van der Waals surface area contributed by atoms with Gasteiger partial charge in [-0.15, -0.1) is 0 Å². The number of Topliss-reactive ketones (excluding diaryl/α,β-unsaturated/α-hetero) is 1. The van der Waals surface area contributed by atoms with Crippen LogP contribution in [0.25, 0.3) is 0 Å². The Hall–Kier alpha value is -1.10. The van der Waals surface area contributed by atoms with E-state index in [1.165, 1.54) is 6.08 Å². The Balaban J connectivity index is 3.22. The van der Waals surface area contributed by atoms with E-state index in [-0.39, 0.29) is 5.78 Å². The maximum atomic E-state index is 10.3. The molecule has 0 atom stereocenters. The molecule has 0 fully saturated rings. The molecular weight excluding hydrogens is 114 g/mol. The van der Waals surface area contributed by atoms with Crippen LogP contribution in [0.2, 0.25) is 0 Å². The molecule has 0 spiro atoms. The number of allylic oxidation sites excluding steroid dienone is 2. The van der Waals surface area contributed by atoms with Crippen LogP contribution < -0.4 is 0 Å². The molecule has 0 aliphatic heterocycles. The predicted octanol–water partition coefficient (Wildman–Crippen LogP) is 1.44. The molecule has 0 amide bonds. The molecule has 2 nitrogen and oxygen atoms in total. The van der Waals surface area contributed by atoms with Gasteiger partial charge in [-0.25, -0.2) is 0 Å². The average Bonchev–Trinajstić information content (AvgIpc) is 1.80. The van der Waals surface area contributed by atoms with E-state index in [2.05, 4.69) is 0 Å². The van der Waals surface area contributed by atoms with Gasteiger partial charge in [0.05, 0.1) is 6.07 Å². The highest BCUT2D eigenvalue weighted by Gasteiger charge is 1.86. The topological polar surface area (TPSA) is 40.9 Å². The van der Waals surface area contributed by atoms with Crippen LogP contribution in [0.4, 0.5) is 0 Å². The molecule has 0 aromatic carbocycles. The summed E-state index contributed by atoms with van der Waals surface area (Å²) in [7, 11) is 0. The predicted molar refractivity (Wildman–Crippen MR) is 34.7 cm³/mol. The van der Waals surface area contributed by atoms with E-state index in [0.717, 1.165) is 0 Å². The highest BCUT2D eigenvalue weighted by molar-refractivity contribution is 5.75. The van der Waals surface area contributed by atoms with Gasteiger partial charge in [-0.3, -0.25) is 0 Å². The summed E-state index contributed by atoms with van der Waals surface area (Å²) < 4.78 is 0. The summed E-state index contributed by atoms with van der Waals surface area (Å²) in [6.07, 6.45) is 4.31. The largest absolute Gasteiger partial charge is 0.300 e. The van der Waals surface area contributed by atoms with Crippen molar-refractivity contribution in [3.63, 3.8) is 0 Å². The molecule has 0 aliphatic carbocycles. The van der Waals surface area contributed by atoms with Crippen molar-refractivity contribution in [1.29, 1.82) is 5.26 Å². The zero-order valence-corrected chi connectivity index (χ0v) is 5.42. The number of hydrogen-bond acceptors (Lipinski definition) is 2. The van der Waals surface area contributed by atoms with E-state index < -0.39 is 0 Å². The average molecular weight is 123 g/mol. The first-order valence-electron chi connectivity index (χ1n) is 2.81. The molecule has 0 aromatic heterocycles. The van der Waals surface area contributed by atoms with Crippen molar-refractivity contribution in [2.75, 3.05) is 0 Å². The third-order valence-corrected chi connectivity index (χ3v) is 0.855. The van der Waals surface area contributed by atoms with Gasteiger partial charge in [0.15, 0.2) is 0 Å². The van der Waals surface area contributed by atoms with Gasteiger partial charge >= 0.3 is 0 Å². The fourth-order valence-electron chi connectivity index (χ4n) is 0.423. The lowest BCUT2D eigenvalue weighted by atomic mass is 10.2. The van der Waals surface area contributed by atoms with Crippen LogP contribution in [0.1, 0.15) is 19.8 Å². The lowest BCUT2D eigenvalue weighted by Gasteiger charge is -1.83. The maximum absolute atomic E-state index is 10.3. The van der Waals surface area contributed by atoms with E-state index in [1.54, 1.807) is 13.0 Å². The minimum Gasteiger partial charge on any atom is -0.300 e. The van der Waals surface area contributed by atoms with Gasteiger partial charge in [0.25, 0.3) is 0 Å². The molecule has 0 N–H and O–H groups in total. The quantitative estimate of drug-likeness (QED) is 0.533. The molecule has 0 rings (SSSR count). The normalized spacial score (nSPS) is 9.33. The Labute approximate surface area is 54.8 Å². The first-order chi connectivity index (χ1) is 4.27. The van der Waals surface area contributed by atoms with Gasteiger partial charge in [0.2, 0.25) is 0 Å². The molecule has 0 aliphatic rings. The Bertz CT molecular complexity index is 153. The summed E-state index contributed by atoms with van der Waals surface area (Å²) in [4.78, 5) is 10.3. The van der Waals surface area contributed by atoms with E-state index in [0.29, 0.717) is 12.8 Å². The summed E-state index contributed by atoms with van der Waals surface area (Å²) in [5.74, 6) is 0.164. The number of ketones is 1. The summed E-state index contributed by atoms with van der Waals surface area (Å²) in [5, 5.41) is 8.01. The molecule has 0 heterocycles. The van der Waals surface area contributed by atoms with Crippen molar-refractivity contribution in [1.82, 2.24) is 0 Å². The SMILES string of the molecule is CC(=O)CCC=CC#N. The molecule has 0 unspecified atom stereocenters. The summed E-state index contributed by atoms with van der Waals surface area (Å²) >= 11 is 0. The smallest absolute Gasteiger partial charge is 0.130 e. The van der Waals surface area contributed by atoms with Gasteiger partial charge in [0, 0.05) is 12.5 Å². The van der Waals surface area contributed by atoms with Crippen molar-refractivity contribution in [3.05, 3.63) is 12.2 Å². The Kier molecular flexibility index (Phi) is 4.43. The van der Waals surface area contributed by atoms with Crippen molar-refractivity contribution in [3.8, 4) is 6.07 Å². The van der Waals surface area contributed by atoms with Crippen LogP contribution in [0.3, 0.4) is 0 Å². The monoisotopic (exact) mass is 123 g/mol. The van der Waals surface area contributed by atoms with Crippen molar-refractivity contribution < 1.29 is 4.79 Å². The lowest BCUT2D eigenvalue weighted by Crippen LogP contribution is -1.85. The van der Waals surface area contributed by atoms with Gasteiger partial charge in [0.1, 0.15) is 5.78 Å². The molecule has 0 radical (unpaired) electrons. The first kappa shape index (κ1) is 7.90. The van der Waals surface area contributed by atoms with Crippen LogP contribution in [-0.4, -0.2) is 5.78 Å². The van der Waals surface area contributed by atoms with Gasteiger partial charge in [-0.05, 0) is 13.3 Å².